The number of nitrogens with zero attached hydrogens (tertiary/aromatic N) is 1. The van der Waals surface area contributed by atoms with E-state index in [0.717, 1.165) is 16.8 Å². The van der Waals surface area contributed by atoms with E-state index in [-0.39, 0.29) is 5.82 Å². The van der Waals surface area contributed by atoms with E-state index in [9.17, 15) is 4.39 Å². The first-order chi connectivity index (χ1) is 8.65. The maximum absolute atomic E-state index is 13.2. The molecule has 1 heterocycles. The predicted molar refractivity (Wildman–Crippen MR) is 73.2 cm³/mol. The van der Waals surface area contributed by atoms with Crippen molar-refractivity contribution in [3.05, 3.63) is 58.6 Å². The zero-order chi connectivity index (χ0) is 12.7. The molecule has 2 aromatic carbocycles. The third kappa shape index (κ3) is 1.75. The molecule has 18 heavy (non-hydrogen) atoms. The number of imidazole rings is 1. The number of H-pyrrole nitrogens is 1. The average molecular weight is 258 g/mol. The number of fused-ring (bicyclic) bond motifs is 1. The van der Waals surface area contributed by atoms with Gasteiger partial charge in [0.15, 0.2) is 4.77 Å². The number of aromatic amines is 1. The van der Waals surface area contributed by atoms with Crippen LogP contribution in [0.1, 0.15) is 5.56 Å². The molecule has 1 aromatic heterocycles. The monoisotopic (exact) mass is 258 g/mol. The van der Waals surface area contributed by atoms with Gasteiger partial charge in [-0.1, -0.05) is 12.1 Å². The topological polar surface area (TPSA) is 20.7 Å². The minimum Gasteiger partial charge on any atom is -0.330 e. The second-order valence-corrected chi connectivity index (χ2v) is 4.65. The Hall–Kier alpha value is -1.94. The summed E-state index contributed by atoms with van der Waals surface area (Å²) in [6.07, 6.45) is 0. The fraction of sp³-hybridized carbons (Fsp3) is 0.0714. The van der Waals surface area contributed by atoms with Gasteiger partial charge in [0.2, 0.25) is 0 Å². The molecule has 0 bridgehead atoms. The molecule has 0 unspecified atom stereocenters. The van der Waals surface area contributed by atoms with Crippen molar-refractivity contribution in [2.24, 2.45) is 0 Å². The van der Waals surface area contributed by atoms with Crippen LogP contribution >= 0.6 is 12.2 Å². The standard InChI is InChI=1S/C14H11FN2S/c1-9-3-2-4-11(7-9)17-13-6-5-10(15)8-12(13)16-14(17)18/h2-8H,1H3,(H,16,18). The number of aromatic nitrogens is 2. The van der Waals surface area contributed by atoms with Crippen LogP contribution in [0.25, 0.3) is 16.7 Å². The molecule has 0 aliphatic carbocycles. The number of rotatable bonds is 1. The van der Waals surface area contributed by atoms with Crippen LogP contribution in [0.5, 0.6) is 0 Å². The molecule has 0 aliphatic rings. The Morgan fingerprint density at radius 1 is 1.17 bits per heavy atom. The fourth-order valence-corrected chi connectivity index (χ4v) is 2.42. The molecule has 0 spiro atoms. The van der Waals surface area contributed by atoms with Gasteiger partial charge in [-0.25, -0.2) is 4.39 Å². The number of aryl methyl sites for hydroxylation is 1. The highest BCUT2D eigenvalue weighted by molar-refractivity contribution is 7.71. The van der Waals surface area contributed by atoms with Crippen LogP contribution in [0, 0.1) is 17.5 Å². The van der Waals surface area contributed by atoms with Crippen molar-refractivity contribution >= 4 is 23.3 Å². The van der Waals surface area contributed by atoms with E-state index in [2.05, 4.69) is 4.98 Å². The van der Waals surface area contributed by atoms with Gasteiger partial charge in [0.25, 0.3) is 0 Å². The smallest absolute Gasteiger partial charge is 0.182 e. The van der Waals surface area contributed by atoms with Crippen molar-refractivity contribution in [2.45, 2.75) is 6.92 Å². The molecule has 1 N–H and O–H groups in total. The van der Waals surface area contributed by atoms with Crippen LogP contribution in [-0.4, -0.2) is 9.55 Å². The number of nitrogens with one attached hydrogen (secondary N) is 1. The summed E-state index contributed by atoms with van der Waals surface area (Å²) in [6, 6.07) is 12.7. The second-order valence-electron chi connectivity index (χ2n) is 4.27. The van der Waals surface area contributed by atoms with Gasteiger partial charge in [-0.05, 0) is 55.0 Å². The van der Waals surface area contributed by atoms with Crippen LogP contribution in [0.4, 0.5) is 4.39 Å². The molecule has 90 valence electrons. The quantitative estimate of drug-likeness (QED) is 0.651. The van der Waals surface area contributed by atoms with Crippen molar-refractivity contribution in [3.63, 3.8) is 0 Å². The number of hydrogen-bond donors (Lipinski definition) is 1. The van der Waals surface area contributed by atoms with Crippen LogP contribution in [0.2, 0.25) is 0 Å². The van der Waals surface area contributed by atoms with Crippen LogP contribution in [0.3, 0.4) is 0 Å². The highest BCUT2D eigenvalue weighted by atomic mass is 32.1. The van der Waals surface area contributed by atoms with E-state index in [0.29, 0.717) is 10.3 Å². The lowest BCUT2D eigenvalue weighted by Crippen LogP contribution is -1.94. The summed E-state index contributed by atoms with van der Waals surface area (Å²) in [4.78, 5) is 3.02. The Morgan fingerprint density at radius 3 is 2.78 bits per heavy atom. The molecule has 0 atom stereocenters. The van der Waals surface area contributed by atoms with Gasteiger partial charge < -0.3 is 4.98 Å². The molecule has 4 heteroatoms. The van der Waals surface area contributed by atoms with Gasteiger partial charge >= 0.3 is 0 Å². The van der Waals surface area contributed by atoms with Gasteiger partial charge in [-0.2, -0.15) is 0 Å². The molecule has 0 radical (unpaired) electrons. The highest BCUT2D eigenvalue weighted by Crippen LogP contribution is 2.20. The minimum absolute atomic E-state index is 0.268. The van der Waals surface area contributed by atoms with Crippen molar-refractivity contribution in [2.75, 3.05) is 0 Å². The molecule has 0 aliphatic heterocycles. The molecule has 3 aromatic rings. The predicted octanol–water partition coefficient (Wildman–Crippen LogP) is 4.14. The normalized spacial score (nSPS) is 11.0. The molecule has 3 rings (SSSR count). The Labute approximate surface area is 109 Å². The molecule has 0 amide bonds. The molecule has 0 saturated carbocycles. The van der Waals surface area contributed by atoms with Gasteiger partial charge in [-0.3, -0.25) is 4.57 Å². The lowest BCUT2D eigenvalue weighted by molar-refractivity contribution is 0.629. The van der Waals surface area contributed by atoms with Gasteiger partial charge in [0.05, 0.1) is 11.0 Å². The first-order valence-electron chi connectivity index (χ1n) is 5.62. The summed E-state index contributed by atoms with van der Waals surface area (Å²) in [6.45, 7) is 2.03. The van der Waals surface area contributed by atoms with E-state index in [4.69, 9.17) is 12.2 Å². The molecular weight excluding hydrogens is 247 g/mol. The fourth-order valence-electron chi connectivity index (χ4n) is 2.11. The summed E-state index contributed by atoms with van der Waals surface area (Å²) >= 11 is 5.31. The summed E-state index contributed by atoms with van der Waals surface area (Å²) in [5.41, 5.74) is 3.73. The van der Waals surface area contributed by atoms with E-state index < -0.39 is 0 Å². The van der Waals surface area contributed by atoms with E-state index >= 15 is 0 Å². The molecular formula is C14H11FN2S. The Kier molecular flexibility index (Phi) is 2.52. The Bertz CT molecular complexity index is 786. The van der Waals surface area contributed by atoms with Gasteiger partial charge in [0, 0.05) is 5.69 Å². The van der Waals surface area contributed by atoms with Crippen LogP contribution < -0.4 is 0 Å². The summed E-state index contributed by atoms with van der Waals surface area (Å²) in [7, 11) is 0. The second kappa shape index (κ2) is 4.07. The van der Waals surface area contributed by atoms with Gasteiger partial charge in [0.1, 0.15) is 5.82 Å². The average Bonchev–Trinajstić information content (AvgIpc) is 2.64. The first kappa shape index (κ1) is 11.2. The van der Waals surface area contributed by atoms with Crippen molar-refractivity contribution in [1.29, 1.82) is 0 Å². The zero-order valence-electron chi connectivity index (χ0n) is 9.77. The molecule has 0 saturated heterocycles. The Balaban J connectivity index is 2.35. The third-order valence-corrected chi connectivity index (χ3v) is 3.19. The summed E-state index contributed by atoms with van der Waals surface area (Å²) < 4.78 is 15.7. The molecule has 0 fully saturated rings. The lowest BCUT2D eigenvalue weighted by Gasteiger charge is -2.05. The summed E-state index contributed by atoms with van der Waals surface area (Å²) in [5, 5.41) is 0. The van der Waals surface area contributed by atoms with Crippen LogP contribution in [0.15, 0.2) is 42.5 Å². The minimum atomic E-state index is -0.268. The van der Waals surface area contributed by atoms with E-state index in [1.165, 1.54) is 12.1 Å². The third-order valence-electron chi connectivity index (χ3n) is 2.90. The van der Waals surface area contributed by atoms with E-state index in [1.807, 2.05) is 35.8 Å². The van der Waals surface area contributed by atoms with Crippen LogP contribution in [-0.2, 0) is 0 Å². The number of hydrogen-bond acceptors (Lipinski definition) is 1. The maximum atomic E-state index is 13.2. The van der Waals surface area contributed by atoms with Crippen molar-refractivity contribution < 1.29 is 4.39 Å². The Morgan fingerprint density at radius 2 is 2.00 bits per heavy atom. The molecule has 2 nitrogen and oxygen atoms in total. The highest BCUT2D eigenvalue weighted by Gasteiger charge is 2.07. The number of benzene rings is 2. The first-order valence-corrected chi connectivity index (χ1v) is 6.03. The van der Waals surface area contributed by atoms with E-state index in [1.54, 1.807) is 6.07 Å². The maximum Gasteiger partial charge on any atom is 0.182 e. The summed E-state index contributed by atoms with van der Waals surface area (Å²) in [5.74, 6) is -0.268. The van der Waals surface area contributed by atoms with Crippen molar-refractivity contribution in [1.82, 2.24) is 9.55 Å². The number of halogens is 1. The lowest BCUT2D eigenvalue weighted by atomic mass is 10.2. The largest absolute Gasteiger partial charge is 0.330 e. The zero-order valence-corrected chi connectivity index (χ0v) is 10.6. The van der Waals surface area contributed by atoms with Gasteiger partial charge in [-0.15, -0.1) is 0 Å². The van der Waals surface area contributed by atoms with Crippen molar-refractivity contribution in [3.8, 4) is 5.69 Å². The SMILES string of the molecule is Cc1cccc(-n2c(=S)[nH]c3cc(F)ccc32)c1.